The van der Waals surface area contributed by atoms with E-state index in [9.17, 15) is 35.5 Å². The zero-order valence-corrected chi connectivity index (χ0v) is 26.0. The monoisotopic (exact) mass is 717 g/mol. The van der Waals surface area contributed by atoms with Gasteiger partial charge in [0.15, 0.2) is 0 Å². The minimum absolute atomic E-state index is 0.0810. The predicted molar refractivity (Wildman–Crippen MR) is 151 cm³/mol. The van der Waals surface area contributed by atoms with Gasteiger partial charge >= 0.3 is 18.4 Å². The lowest BCUT2D eigenvalue weighted by atomic mass is 9.87. The zero-order chi connectivity index (χ0) is 31.3. The summed E-state index contributed by atoms with van der Waals surface area (Å²) in [4.78, 5) is 15.5. The number of ether oxygens (including phenoxy) is 1. The quantitative estimate of drug-likeness (QED) is 0.140. The Kier molecular flexibility index (Phi) is 9.29. The summed E-state index contributed by atoms with van der Waals surface area (Å²) in [6.45, 7) is 6.42. The van der Waals surface area contributed by atoms with Crippen LogP contribution < -0.4 is 0 Å². The molecule has 2 amide bonds. The van der Waals surface area contributed by atoms with Gasteiger partial charge in [-0.05, 0) is 61.4 Å². The molecule has 0 N–H and O–H groups in total. The van der Waals surface area contributed by atoms with Gasteiger partial charge in [0, 0.05) is 12.6 Å². The van der Waals surface area contributed by atoms with Gasteiger partial charge in [-0.15, -0.1) is 0 Å². The summed E-state index contributed by atoms with van der Waals surface area (Å²) in [6.07, 6.45) is -8.74. The number of halogens is 8. The van der Waals surface area contributed by atoms with Crippen molar-refractivity contribution in [3.05, 3.63) is 70.0 Å². The number of benzene rings is 2. The Bertz CT molecular complexity index is 1280. The molecule has 2 saturated heterocycles. The van der Waals surface area contributed by atoms with Crippen molar-refractivity contribution >= 4 is 28.9 Å². The van der Waals surface area contributed by atoms with Crippen molar-refractivity contribution in [1.29, 1.82) is 0 Å². The number of aryl methyl sites for hydroxylation is 1. The molecular weight excluding hydrogens is 682 g/mol. The number of morpholine rings is 1. The Morgan fingerprint density at radius 2 is 1.57 bits per heavy atom. The molecule has 2 aliphatic heterocycles. The van der Waals surface area contributed by atoms with Gasteiger partial charge in [-0.1, -0.05) is 0 Å². The van der Waals surface area contributed by atoms with Crippen molar-refractivity contribution in [1.82, 2.24) is 4.90 Å². The topological polar surface area (TPSA) is 29.5 Å². The molecule has 0 spiro atoms. The van der Waals surface area contributed by atoms with E-state index < -0.39 is 47.4 Å². The number of piperidine rings is 1. The second-order valence-corrected chi connectivity index (χ2v) is 13.4. The lowest BCUT2D eigenvalue weighted by molar-refractivity contribution is -0.948. The van der Waals surface area contributed by atoms with Gasteiger partial charge in [0.05, 0.1) is 50.3 Å². The minimum Gasteiger partial charge on any atom is -0.370 e. The average Bonchev–Trinajstić information content (AvgIpc) is 2.91. The number of nitrogens with zero attached hydrogens (tertiary/aromatic N) is 3. The predicted octanol–water partition coefficient (Wildman–Crippen LogP) is 7.83. The number of likely N-dealkylation sites (N-methyl/N-ethyl adjacent to an activating group) is 1. The first-order valence-corrected chi connectivity index (χ1v) is 14.7. The van der Waals surface area contributed by atoms with Crippen molar-refractivity contribution in [2.24, 2.45) is 0 Å². The fraction of sp³-hybridized carbons (Fsp3) is 0.552. The highest BCUT2D eigenvalue weighted by atomic mass is 127. The van der Waals surface area contributed by atoms with E-state index >= 15 is 0 Å². The molecule has 0 saturated carbocycles. The number of likely N-dealkylation sites (tertiary alicyclic amines) is 1. The van der Waals surface area contributed by atoms with Crippen LogP contribution in [0.1, 0.15) is 59.7 Å². The molecule has 2 aliphatic rings. The van der Waals surface area contributed by atoms with E-state index in [1.54, 1.807) is 13.0 Å². The fourth-order valence-corrected chi connectivity index (χ4v) is 7.33. The van der Waals surface area contributed by atoms with E-state index in [2.05, 4.69) is 29.9 Å². The van der Waals surface area contributed by atoms with Gasteiger partial charge in [0.2, 0.25) is 0 Å². The van der Waals surface area contributed by atoms with Gasteiger partial charge in [-0.25, -0.2) is 9.18 Å². The number of hydrogen-bond acceptors (Lipinski definition) is 2. The van der Waals surface area contributed by atoms with E-state index in [1.807, 2.05) is 0 Å². The summed E-state index contributed by atoms with van der Waals surface area (Å²) in [5.74, 6) is -0.413. The molecule has 0 aromatic heterocycles. The van der Waals surface area contributed by atoms with Gasteiger partial charge in [0.1, 0.15) is 37.5 Å². The van der Waals surface area contributed by atoms with E-state index in [1.165, 1.54) is 31.0 Å². The van der Waals surface area contributed by atoms with Crippen molar-refractivity contribution in [2.75, 3.05) is 46.9 Å². The smallest absolute Gasteiger partial charge is 0.370 e. The van der Waals surface area contributed by atoms with Crippen LogP contribution in [0.25, 0.3) is 0 Å². The zero-order valence-electron chi connectivity index (χ0n) is 23.8. The Hall–Kier alpha value is -1.97. The number of amides is 2. The Morgan fingerprint density at radius 3 is 2.10 bits per heavy atom. The summed E-state index contributed by atoms with van der Waals surface area (Å²) < 4.78 is 102. The number of quaternary nitrogens is 2. The van der Waals surface area contributed by atoms with E-state index in [-0.39, 0.29) is 20.4 Å². The van der Waals surface area contributed by atoms with Crippen molar-refractivity contribution in [3.63, 3.8) is 0 Å². The maximum absolute atomic E-state index is 14.3. The standard InChI is InChI=1S/C29H35F7IN3O2/c1-18-13-23(30)5-6-25(18)26-17-24(39(4)9-11-42-12-10-39)7-8-40(26,37)27(41)38(3)19(2)20-14-21(28(31,32)33)16-22(15-20)29(34,35)36/h5-6,13-16,19,24,26H,7-12,17H2,1-4H3/q+2/t19-,24-,26+,40?/m0/s1. The summed E-state index contributed by atoms with van der Waals surface area (Å²) in [5, 5.41) is 0. The molecule has 1 unspecified atom stereocenters. The van der Waals surface area contributed by atoms with Crippen LogP contribution in [-0.4, -0.2) is 71.1 Å². The second kappa shape index (κ2) is 11.8. The minimum atomic E-state index is -5.00. The van der Waals surface area contributed by atoms with Crippen molar-refractivity contribution < 1.29 is 47.4 Å². The maximum Gasteiger partial charge on any atom is 0.427 e. The second-order valence-electron chi connectivity index (χ2n) is 11.6. The summed E-state index contributed by atoms with van der Waals surface area (Å²) in [7, 11) is 3.56. The van der Waals surface area contributed by atoms with Crippen LogP contribution in [0.4, 0.5) is 35.5 Å². The fourth-order valence-electron chi connectivity index (χ4n) is 6.19. The third kappa shape index (κ3) is 6.58. The number of alkyl halides is 6. The molecule has 0 radical (unpaired) electrons. The normalized spacial score (nSPS) is 25.6. The first-order valence-electron chi connectivity index (χ1n) is 13.7. The molecule has 0 bridgehead atoms. The average molecular weight is 718 g/mol. The molecule has 2 heterocycles. The van der Waals surface area contributed by atoms with Gasteiger partial charge in [-0.2, -0.15) is 29.0 Å². The number of carbonyl (C=O) groups is 1. The van der Waals surface area contributed by atoms with E-state index in [4.69, 9.17) is 4.74 Å². The van der Waals surface area contributed by atoms with Crippen LogP contribution in [-0.2, 0) is 17.1 Å². The molecule has 5 nitrogen and oxygen atoms in total. The highest BCUT2D eigenvalue weighted by Crippen LogP contribution is 2.47. The summed E-state index contributed by atoms with van der Waals surface area (Å²) >= 11 is 2.06. The molecule has 2 aromatic carbocycles. The molecule has 232 valence electrons. The third-order valence-corrected chi connectivity index (χ3v) is 10.6. The van der Waals surface area contributed by atoms with Gasteiger partial charge in [-0.3, -0.25) is 4.90 Å². The number of carbonyl (C=O) groups excluding carboxylic acids is 1. The highest BCUT2D eigenvalue weighted by molar-refractivity contribution is 14.1. The van der Waals surface area contributed by atoms with Crippen molar-refractivity contribution in [3.8, 4) is 0 Å². The Labute approximate surface area is 254 Å². The summed E-state index contributed by atoms with van der Waals surface area (Å²) in [6, 6.07) is 4.04. The Morgan fingerprint density at radius 1 is 1.00 bits per heavy atom. The van der Waals surface area contributed by atoms with Gasteiger partial charge < -0.3 is 9.22 Å². The number of urea groups is 1. The van der Waals surface area contributed by atoms with E-state index in [0.717, 1.165) is 23.1 Å². The largest absolute Gasteiger partial charge is 0.427 e. The number of hydrogen-bond donors (Lipinski definition) is 0. The molecule has 4 rings (SSSR count). The lowest BCUT2D eigenvalue weighted by Gasteiger charge is -2.50. The van der Waals surface area contributed by atoms with Crippen LogP contribution in [0.3, 0.4) is 0 Å². The molecule has 13 heteroatoms. The first-order chi connectivity index (χ1) is 19.4. The first kappa shape index (κ1) is 32.9. The number of rotatable bonds is 4. The molecular formula is C29H35F7IN3O2+2. The molecule has 4 atom stereocenters. The van der Waals surface area contributed by atoms with Crippen LogP contribution >= 0.6 is 22.9 Å². The van der Waals surface area contributed by atoms with Crippen LogP contribution in [0.5, 0.6) is 0 Å². The van der Waals surface area contributed by atoms with E-state index in [0.29, 0.717) is 50.3 Å². The van der Waals surface area contributed by atoms with Crippen LogP contribution in [0.2, 0.25) is 0 Å². The third-order valence-electron chi connectivity index (χ3n) is 9.04. The molecule has 0 aliphatic carbocycles. The van der Waals surface area contributed by atoms with Crippen molar-refractivity contribution in [2.45, 2.75) is 57.2 Å². The summed E-state index contributed by atoms with van der Waals surface area (Å²) in [5.41, 5.74) is -1.68. The van der Waals surface area contributed by atoms with Gasteiger partial charge in [0.25, 0.3) is 22.9 Å². The van der Waals surface area contributed by atoms with Crippen LogP contribution in [0, 0.1) is 12.7 Å². The van der Waals surface area contributed by atoms with Crippen LogP contribution in [0.15, 0.2) is 36.4 Å². The lowest BCUT2D eigenvalue weighted by Crippen LogP contribution is -2.64. The highest BCUT2D eigenvalue weighted by Gasteiger charge is 2.54. The SMILES string of the molecule is Cc1cc(F)ccc1[C@H]1C[C@@H]([N+]2(C)CCOCC2)CC[N+]1(I)C(=O)N(C)[C@@H](C)c1cc(C(F)(F)F)cc(C(F)(F)F)c1. The maximum atomic E-state index is 14.3. The molecule has 42 heavy (non-hydrogen) atoms. The Balaban J connectivity index is 1.72. The molecule has 2 aromatic rings. The molecule has 2 fully saturated rings.